The van der Waals surface area contributed by atoms with Crippen LogP contribution in [-0.4, -0.2) is 15.0 Å². The number of hydrogen-bond acceptors (Lipinski definition) is 4. The first-order chi connectivity index (χ1) is 8.75. The first-order valence-electron chi connectivity index (χ1n) is 6.23. The molecule has 3 rings (SSSR count). The van der Waals surface area contributed by atoms with Gasteiger partial charge in [-0.1, -0.05) is 6.07 Å². The molecule has 2 N–H and O–H groups in total. The molecule has 18 heavy (non-hydrogen) atoms. The van der Waals surface area contributed by atoms with E-state index in [1.54, 1.807) is 0 Å². The number of nitrogens with two attached hydrogens (primary N) is 1. The van der Waals surface area contributed by atoms with E-state index in [0.717, 1.165) is 24.1 Å². The normalized spacial score (nSPS) is 19.6. The van der Waals surface area contributed by atoms with Crippen LogP contribution in [0.1, 0.15) is 41.0 Å². The molecule has 2 unspecified atom stereocenters. The highest BCUT2D eigenvalue weighted by atomic mass is 14.9. The predicted octanol–water partition coefficient (Wildman–Crippen LogP) is 1.91. The molecule has 0 aromatic carbocycles. The molecule has 2 aromatic rings. The van der Waals surface area contributed by atoms with Crippen molar-refractivity contribution in [1.82, 2.24) is 15.0 Å². The molecule has 0 saturated heterocycles. The van der Waals surface area contributed by atoms with Crippen LogP contribution in [0.4, 0.5) is 0 Å². The van der Waals surface area contributed by atoms with Gasteiger partial charge in [0.15, 0.2) is 0 Å². The third-order valence-corrected chi connectivity index (χ3v) is 3.53. The molecule has 1 aliphatic rings. The molecule has 1 aliphatic carbocycles. The van der Waals surface area contributed by atoms with Crippen LogP contribution in [0.3, 0.4) is 0 Å². The molecule has 0 radical (unpaired) electrons. The largest absolute Gasteiger partial charge is 0.321 e. The first-order valence-corrected chi connectivity index (χ1v) is 6.23. The molecule has 0 amide bonds. The summed E-state index contributed by atoms with van der Waals surface area (Å²) in [7, 11) is 0. The van der Waals surface area contributed by atoms with E-state index in [-0.39, 0.29) is 12.0 Å². The number of fused-ring (bicyclic) bond motifs is 1. The van der Waals surface area contributed by atoms with E-state index in [2.05, 4.69) is 21.0 Å². The van der Waals surface area contributed by atoms with Gasteiger partial charge in [-0.3, -0.25) is 4.98 Å². The van der Waals surface area contributed by atoms with Gasteiger partial charge in [0.05, 0.1) is 6.04 Å². The minimum absolute atomic E-state index is 0.165. The smallest absolute Gasteiger partial charge is 0.145 e. The molecule has 0 aliphatic heterocycles. The Balaban J connectivity index is 1.90. The second-order valence-corrected chi connectivity index (χ2v) is 4.84. The second-order valence-electron chi connectivity index (χ2n) is 4.84. The highest BCUT2D eigenvalue weighted by Crippen LogP contribution is 2.37. The summed E-state index contributed by atoms with van der Waals surface area (Å²) in [6.07, 6.45) is 7.55. The number of nitrogens with zero attached hydrogens (tertiary/aromatic N) is 3. The van der Waals surface area contributed by atoms with E-state index in [1.807, 2.05) is 31.6 Å². The third kappa shape index (κ3) is 1.88. The summed E-state index contributed by atoms with van der Waals surface area (Å²) < 4.78 is 0. The number of pyridine rings is 1. The zero-order valence-electron chi connectivity index (χ0n) is 10.4. The fourth-order valence-corrected chi connectivity index (χ4v) is 2.55. The monoisotopic (exact) mass is 240 g/mol. The molecular formula is C14H16N4. The molecule has 2 aromatic heterocycles. The van der Waals surface area contributed by atoms with Gasteiger partial charge in [0.25, 0.3) is 0 Å². The number of rotatable bonds is 2. The van der Waals surface area contributed by atoms with Crippen molar-refractivity contribution in [2.75, 3.05) is 0 Å². The molecule has 0 spiro atoms. The summed E-state index contributed by atoms with van der Waals surface area (Å²) in [6.45, 7) is 1.97. The highest BCUT2D eigenvalue weighted by Gasteiger charge is 2.30. The molecule has 4 nitrogen and oxygen atoms in total. The standard InChI is InChI=1S/C14H16N4/c1-9-7-17-14(18-8-9)12(15)11-5-4-10-3-2-6-16-13(10)11/h2-3,6-8,11-12H,4-5,15H2,1H3. The van der Waals surface area contributed by atoms with Crippen molar-refractivity contribution in [2.45, 2.75) is 31.7 Å². The Bertz CT molecular complexity index is 550. The number of aromatic nitrogens is 3. The summed E-state index contributed by atoms with van der Waals surface area (Å²) in [5.41, 5.74) is 9.78. The van der Waals surface area contributed by atoms with E-state index in [9.17, 15) is 0 Å². The second kappa shape index (κ2) is 4.46. The van der Waals surface area contributed by atoms with Crippen molar-refractivity contribution in [1.29, 1.82) is 0 Å². The van der Waals surface area contributed by atoms with Crippen LogP contribution < -0.4 is 5.73 Å². The van der Waals surface area contributed by atoms with Gasteiger partial charge in [-0.2, -0.15) is 0 Å². The molecule has 92 valence electrons. The molecule has 0 bridgehead atoms. The summed E-state index contributed by atoms with van der Waals surface area (Å²) in [5, 5.41) is 0. The molecule has 4 heteroatoms. The fourth-order valence-electron chi connectivity index (χ4n) is 2.55. The predicted molar refractivity (Wildman–Crippen MR) is 69.0 cm³/mol. The van der Waals surface area contributed by atoms with Crippen molar-refractivity contribution in [3.05, 3.63) is 53.4 Å². The summed E-state index contributed by atoms with van der Waals surface area (Å²) >= 11 is 0. The van der Waals surface area contributed by atoms with Crippen LogP contribution in [0, 0.1) is 6.92 Å². The van der Waals surface area contributed by atoms with Gasteiger partial charge in [0, 0.05) is 30.2 Å². The minimum Gasteiger partial charge on any atom is -0.321 e. The van der Waals surface area contributed by atoms with Crippen molar-refractivity contribution in [2.24, 2.45) is 5.73 Å². The van der Waals surface area contributed by atoms with Crippen LogP contribution >= 0.6 is 0 Å². The van der Waals surface area contributed by atoms with E-state index in [1.165, 1.54) is 5.56 Å². The molecule has 2 atom stereocenters. The summed E-state index contributed by atoms with van der Waals surface area (Å²) in [5.74, 6) is 0.952. The van der Waals surface area contributed by atoms with Gasteiger partial charge >= 0.3 is 0 Å². The Morgan fingerprint density at radius 1 is 1.28 bits per heavy atom. The van der Waals surface area contributed by atoms with E-state index in [4.69, 9.17) is 5.73 Å². The Labute approximate surface area is 106 Å². The lowest BCUT2D eigenvalue weighted by Crippen LogP contribution is -2.21. The van der Waals surface area contributed by atoms with Crippen LogP contribution in [0.25, 0.3) is 0 Å². The van der Waals surface area contributed by atoms with Crippen molar-refractivity contribution < 1.29 is 0 Å². The minimum atomic E-state index is -0.165. The van der Waals surface area contributed by atoms with Crippen LogP contribution in [0.15, 0.2) is 30.7 Å². The maximum absolute atomic E-state index is 6.30. The topological polar surface area (TPSA) is 64.7 Å². The molecular weight excluding hydrogens is 224 g/mol. The zero-order valence-corrected chi connectivity index (χ0v) is 10.4. The maximum atomic E-state index is 6.30. The number of aryl methyl sites for hydroxylation is 2. The number of hydrogen-bond donors (Lipinski definition) is 1. The average molecular weight is 240 g/mol. The van der Waals surface area contributed by atoms with Crippen molar-refractivity contribution in [3.63, 3.8) is 0 Å². The molecule has 0 saturated carbocycles. The molecule has 2 heterocycles. The van der Waals surface area contributed by atoms with E-state index >= 15 is 0 Å². The van der Waals surface area contributed by atoms with Gasteiger partial charge in [0.1, 0.15) is 5.82 Å². The van der Waals surface area contributed by atoms with Crippen molar-refractivity contribution >= 4 is 0 Å². The Morgan fingerprint density at radius 3 is 2.83 bits per heavy atom. The van der Waals surface area contributed by atoms with Gasteiger partial charge in [-0.25, -0.2) is 9.97 Å². The van der Waals surface area contributed by atoms with Gasteiger partial charge in [-0.15, -0.1) is 0 Å². The van der Waals surface area contributed by atoms with Gasteiger partial charge < -0.3 is 5.73 Å². The summed E-state index contributed by atoms with van der Waals surface area (Å²) in [6, 6.07) is 3.95. The average Bonchev–Trinajstić information content (AvgIpc) is 2.82. The quantitative estimate of drug-likeness (QED) is 0.870. The van der Waals surface area contributed by atoms with Crippen LogP contribution in [0.5, 0.6) is 0 Å². The van der Waals surface area contributed by atoms with Gasteiger partial charge in [0.2, 0.25) is 0 Å². The lowest BCUT2D eigenvalue weighted by atomic mass is 9.97. The lowest BCUT2D eigenvalue weighted by molar-refractivity contribution is 0.516. The lowest BCUT2D eigenvalue weighted by Gasteiger charge is -2.18. The van der Waals surface area contributed by atoms with Gasteiger partial charge in [-0.05, 0) is 37.0 Å². The SMILES string of the molecule is Cc1cnc(C(N)C2CCc3cccnc32)nc1. The maximum Gasteiger partial charge on any atom is 0.145 e. The third-order valence-electron chi connectivity index (χ3n) is 3.53. The van der Waals surface area contributed by atoms with Crippen LogP contribution in [0.2, 0.25) is 0 Å². The fraction of sp³-hybridized carbons (Fsp3) is 0.357. The zero-order chi connectivity index (χ0) is 12.5. The Kier molecular flexibility index (Phi) is 2.80. The van der Waals surface area contributed by atoms with E-state index < -0.39 is 0 Å². The molecule has 0 fully saturated rings. The highest BCUT2D eigenvalue weighted by molar-refractivity contribution is 5.30. The van der Waals surface area contributed by atoms with Crippen LogP contribution in [-0.2, 0) is 6.42 Å². The Hall–Kier alpha value is -1.81. The Morgan fingerprint density at radius 2 is 2.06 bits per heavy atom. The first kappa shape index (κ1) is 11.3. The van der Waals surface area contributed by atoms with E-state index in [0.29, 0.717) is 5.82 Å². The summed E-state index contributed by atoms with van der Waals surface area (Å²) in [4.78, 5) is 13.1. The van der Waals surface area contributed by atoms with Crippen molar-refractivity contribution in [3.8, 4) is 0 Å².